The lowest BCUT2D eigenvalue weighted by Crippen LogP contribution is -2.38. The molecule has 2 atom stereocenters. The number of ether oxygens (including phenoxy) is 1. The van der Waals surface area contributed by atoms with Crippen LogP contribution in [-0.2, 0) is 9.53 Å². The molecule has 0 bridgehead atoms. The van der Waals surface area contributed by atoms with Gasteiger partial charge < -0.3 is 14.9 Å². The second-order valence-electron chi connectivity index (χ2n) is 2.06. The summed E-state index contributed by atoms with van der Waals surface area (Å²) in [5, 5.41) is 19.5. The number of carboxylic acid groups (broad SMARTS) is 1. The van der Waals surface area contributed by atoms with Crippen molar-refractivity contribution in [1.82, 2.24) is 5.32 Å². The number of hydrogen-bond donors (Lipinski definition) is 3. The van der Waals surface area contributed by atoms with Crippen LogP contribution in [0.3, 0.4) is 0 Å². The lowest BCUT2D eigenvalue weighted by Gasteiger charge is -2.04. The summed E-state index contributed by atoms with van der Waals surface area (Å²) >= 11 is 0. The van der Waals surface area contributed by atoms with Gasteiger partial charge in [0.1, 0.15) is 12.3 Å². The minimum absolute atomic E-state index is 0.126. The molecule has 0 aromatic carbocycles. The summed E-state index contributed by atoms with van der Waals surface area (Å²) in [5.41, 5.74) is 0. The second-order valence-corrected chi connectivity index (χ2v) is 2.06. The number of nitrogens with one attached hydrogen (secondary N) is 1. The van der Waals surface area contributed by atoms with Crippen molar-refractivity contribution in [1.29, 1.82) is 0 Å². The molecule has 0 aromatic rings. The van der Waals surface area contributed by atoms with E-state index in [1.54, 1.807) is 0 Å². The molecule has 1 unspecified atom stereocenters. The van der Waals surface area contributed by atoms with Gasteiger partial charge in [0.15, 0.2) is 0 Å². The van der Waals surface area contributed by atoms with Crippen LogP contribution in [0.5, 0.6) is 0 Å². The molecular formula is C5H9NO4. The van der Waals surface area contributed by atoms with E-state index in [0.717, 1.165) is 0 Å². The molecule has 3 N–H and O–H groups in total. The molecule has 0 amide bonds. The molecule has 0 saturated carbocycles. The van der Waals surface area contributed by atoms with Crippen LogP contribution in [0.25, 0.3) is 0 Å². The van der Waals surface area contributed by atoms with Gasteiger partial charge in [-0.1, -0.05) is 0 Å². The smallest absolute Gasteiger partial charge is 0.323 e. The molecule has 1 heterocycles. The van der Waals surface area contributed by atoms with Crippen molar-refractivity contribution in [3.8, 4) is 0 Å². The van der Waals surface area contributed by atoms with Crippen LogP contribution in [0.2, 0.25) is 0 Å². The Kier molecular flexibility index (Phi) is 2.21. The molecule has 0 spiro atoms. The number of aliphatic hydroxyl groups excluding tert-OH is 1. The lowest BCUT2D eigenvalue weighted by molar-refractivity contribution is -0.139. The highest BCUT2D eigenvalue weighted by molar-refractivity contribution is 5.73. The van der Waals surface area contributed by atoms with E-state index in [2.05, 4.69) is 5.32 Å². The van der Waals surface area contributed by atoms with E-state index >= 15 is 0 Å². The van der Waals surface area contributed by atoms with Crippen molar-refractivity contribution < 1.29 is 19.7 Å². The van der Waals surface area contributed by atoms with E-state index in [4.69, 9.17) is 14.9 Å². The van der Waals surface area contributed by atoms with E-state index in [-0.39, 0.29) is 13.2 Å². The molecule has 1 fully saturated rings. The number of hydrogen-bond acceptors (Lipinski definition) is 4. The van der Waals surface area contributed by atoms with Crippen molar-refractivity contribution in [3.63, 3.8) is 0 Å². The van der Waals surface area contributed by atoms with E-state index in [1.165, 1.54) is 0 Å². The van der Waals surface area contributed by atoms with Crippen LogP contribution < -0.4 is 5.32 Å². The van der Waals surface area contributed by atoms with Gasteiger partial charge in [-0.25, -0.2) is 0 Å². The molecule has 58 valence electrons. The van der Waals surface area contributed by atoms with E-state index in [9.17, 15) is 4.79 Å². The predicted molar refractivity (Wildman–Crippen MR) is 31.4 cm³/mol. The molecule has 5 nitrogen and oxygen atoms in total. The Morgan fingerprint density at radius 1 is 1.80 bits per heavy atom. The Balaban J connectivity index is 2.35. The Hall–Kier alpha value is -0.650. The van der Waals surface area contributed by atoms with Crippen LogP contribution in [0, 0.1) is 0 Å². The third-order valence-electron chi connectivity index (χ3n) is 1.32. The monoisotopic (exact) mass is 147 g/mol. The first-order valence-corrected chi connectivity index (χ1v) is 2.95. The first kappa shape index (κ1) is 7.46. The Morgan fingerprint density at radius 2 is 2.50 bits per heavy atom. The predicted octanol–water partition coefficient (Wildman–Crippen LogP) is -1.62. The number of carboxylic acids is 1. The highest BCUT2D eigenvalue weighted by Crippen LogP contribution is 2.01. The van der Waals surface area contributed by atoms with Gasteiger partial charge in [0.05, 0.1) is 13.2 Å². The van der Waals surface area contributed by atoms with Crippen molar-refractivity contribution in [2.75, 3.05) is 13.2 Å². The summed E-state index contributed by atoms with van der Waals surface area (Å²) in [6.07, 6.45) is -0.513. The van der Waals surface area contributed by atoms with Gasteiger partial charge in [0.25, 0.3) is 0 Å². The molecule has 1 aliphatic heterocycles. The van der Waals surface area contributed by atoms with Gasteiger partial charge >= 0.3 is 5.97 Å². The average Bonchev–Trinajstić information content (AvgIpc) is 2.34. The molecule has 5 heteroatoms. The molecule has 1 saturated heterocycles. The summed E-state index contributed by atoms with van der Waals surface area (Å²) < 4.78 is 4.83. The summed E-state index contributed by atoms with van der Waals surface area (Å²) in [4.78, 5) is 10.2. The molecule has 0 aliphatic carbocycles. The number of rotatable bonds is 2. The van der Waals surface area contributed by atoms with Crippen molar-refractivity contribution >= 4 is 5.97 Å². The van der Waals surface area contributed by atoms with Crippen molar-refractivity contribution in [2.24, 2.45) is 0 Å². The van der Waals surface area contributed by atoms with E-state index < -0.39 is 18.2 Å². The minimum atomic E-state index is -0.948. The topological polar surface area (TPSA) is 78.8 Å². The second kappa shape index (κ2) is 2.96. The number of carbonyl (C=O) groups is 1. The van der Waals surface area contributed by atoms with Crippen LogP contribution in [0.1, 0.15) is 0 Å². The minimum Gasteiger partial charge on any atom is -0.480 e. The lowest BCUT2D eigenvalue weighted by atomic mass is 10.3. The van der Waals surface area contributed by atoms with Gasteiger partial charge in [-0.15, -0.1) is 0 Å². The largest absolute Gasteiger partial charge is 0.480 e. The third kappa shape index (κ3) is 1.44. The zero-order valence-corrected chi connectivity index (χ0v) is 5.28. The summed E-state index contributed by atoms with van der Waals surface area (Å²) in [6, 6.07) is -0.669. The fourth-order valence-electron chi connectivity index (χ4n) is 0.781. The maximum atomic E-state index is 10.2. The maximum Gasteiger partial charge on any atom is 0.323 e. The Morgan fingerprint density at radius 3 is 2.80 bits per heavy atom. The third-order valence-corrected chi connectivity index (χ3v) is 1.32. The van der Waals surface area contributed by atoms with Gasteiger partial charge in [0, 0.05) is 0 Å². The summed E-state index contributed by atoms with van der Waals surface area (Å²) in [7, 11) is 0. The normalized spacial score (nSPS) is 32.5. The highest BCUT2D eigenvalue weighted by Gasteiger charge is 2.28. The van der Waals surface area contributed by atoms with E-state index in [0.29, 0.717) is 0 Å². The first-order chi connectivity index (χ1) is 4.74. The standard InChI is InChI=1S/C5H9NO4/c7-1-4-6-3(2-10-4)5(8)9/h3-4,6-7H,1-2H2,(H,8,9)/t3-,4?/m0/s1. The highest BCUT2D eigenvalue weighted by atomic mass is 16.5. The summed E-state index contributed by atoms with van der Waals surface area (Å²) in [6.45, 7) is -0.0651. The fraction of sp³-hybridized carbons (Fsp3) is 0.800. The van der Waals surface area contributed by atoms with Crippen LogP contribution in [0.15, 0.2) is 0 Å². The fourth-order valence-corrected chi connectivity index (χ4v) is 0.781. The van der Waals surface area contributed by atoms with Crippen molar-refractivity contribution in [2.45, 2.75) is 12.3 Å². The zero-order valence-electron chi connectivity index (χ0n) is 5.28. The molecule has 0 aromatic heterocycles. The van der Waals surface area contributed by atoms with Gasteiger partial charge in [-0.05, 0) is 0 Å². The van der Waals surface area contributed by atoms with Gasteiger partial charge in [-0.3, -0.25) is 10.1 Å². The molecule has 1 rings (SSSR count). The quantitative estimate of drug-likeness (QED) is 0.437. The van der Waals surface area contributed by atoms with Crippen LogP contribution in [-0.4, -0.2) is 41.7 Å². The van der Waals surface area contributed by atoms with Gasteiger partial charge in [0.2, 0.25) is 0 Å². The number of aliphatic hydroxyl groups is 1. The van der Waals surface area contributed by atoms with Crippen LogP contribution >= 0.6 is 0 Å². The van der Waals surface area contributed by atoms with E-state index in [1.807, 2.05) is 0 Å². The summed E-state index contributed by atoms with van der Waals surface area (Å²) in [5.74, 6) is -0.948. The van der Waals surface area contributed by atoms with Crippen LogP contribution in [0.4, 0.5) is 0 Å². The SMILES string of the molecule is O=C(O)[C@@H]1COC(CO)N1. The molecule has 10 heavy (non-hydrogen) atoms. The maximum absolute atomic E-state index is 10.2. The molecule has 1 aliphatic rings. The zero-order chi connectivity index (χ0) is 7.56. The first-order valence-electron chi connectivity index (χ1n) is 2.95. The Bertz CT molecular complexity index is 138. The van der Waals surface area contributed by atoms with Gasteiger partial charge in [-0.2, -0.15) is 0 Å². The molecular weight excluding hydrogens is 138 g/mol. The Labute approximate surface area is 57.6 Å². The average molecular weight is 147 g/mol. The number of aliphatic carboxylic acids is 1. The van der Waals surface area contributed by atoms with Crippen molar-refractivity contribution in [3.05, 3.63) is 0 Å². The molecule has 0 radical (unpaired) electrons.